The molecule has 1 aromatic heterocycles. The molecular formula is C12H13N3O. The van der Waals surface area contributed by atoms with E-state index in [4.69, 9.17) is 10.5 Å². The summed E-state index contributed by atoms with van der Waals surface area (Å²) < 4.78 is 5.09. The number of benzene rings is 1. The van der Waals surface area contributed by atoms with E-state index in [1.165, 1.54) is 11.9 Å². The Bertz CT molecular complexity index is 468. The van der Waals surface area contributed by atoms with Gasteiger partial charge in [0.15, 0.2) is 0 Å². The summed E-state index contributed by atoms with van der Waals surface area (Å²) in [5.74, 6) is 1.35. The lowest BCUT2D eigenvalue weighted by molar-refractivity contribution is 0.414. The predicted octanol–water partition coefficient (Wildman–Crippen LogP) is 1.66. The molecule has 2 N–H and O–H groups in total. The summed E-state index contributed by atoms with van der Waals surface area (Å²) in [6, 6.07) is 9.66. The Morgan fingerprint density at radius 1 is 1.19 bits per heavy atom. The van der Waals surface area contributed by atoms with Gasteiger partial charge in [0, 0.05) is 12.5 Å². The van der Waals surface area contributed by atoms with Gasteiger partial charge in [0.25, 0.3) is 0 Å². The SMILES string of the molecule is COc1ccc(Cc2cc(N)ncn2)cc1. The van der Waals surface area contributed by atoms with Crippen molar-refractivity contribution in [1.29, 1.82) is 0 Å². The average molecular weight is 215 g/mol. The van der Waals surface area contributed by atoms with Crippen LogP contribution in [0.3, 0.4) is 0 Å². The van der Waals surface area contributed by atoms with Crippen LogP contribution in [-0.2, 0) is 6.42 Å². The zero-order chi connectivity index (χ0) is 11.4. The zero-order valence-electron chi connectivity index (χ0n) is 9.05. The molecule has 1 heterocycles. The Labute approximate surface area is 94.1 Å². The molecule has 0 spiro atoms. The lowest BCUT2D eigenvalue weighted by Gasteiger charge is -2.03. The van der Waals surface area contributed by atoms with Crippen molar-refractivity contribution in [1.82, 2.24) is 9.97 Å². The number of hydrogen-bond donors (Lipinski definition) is 1. The van der Waals surface area contributed by atoms with E-state index >= 15 is 0 Å². The van der Waals surface area contributed by atoms with Crippen LogP contribution in [0.15, 0.2) is 36.7 Å². The summed E-state index contributed by atoms with van der Waals surface area (Å²) in [5, 5.41) is 0. The van der Waals surface area contributed by atoms with Crippen LogP contribution in [0.25, 0.3) is 0 Å². The molecule has 0 atom stereocenters. The number of methoxy groups -OCH3 is 1. The highest BCUT2D eigenvalue weighted by molar-refractivity contribution is 5.33. The highest BCUT2D eigenvalue weighted by Crippen LogP contribution is 2.14. The van der Waals surface area contributed by atoms with Gasteiger partial charge in [-0.15, -0.1) is 0 Å². The van der Waals surface area contributed by atoms with E-state index in [1.807, 2.05) is 24.3 Å². The minimum atomic E-state index is 0.499. The Hall–Kier alpha value is -2.10. The molecule has 16 heavy (non-hydrogen) atoms. The molecular weight excluding hydrogens is 202 g/mol. The van der Waals surface area contributed by atoms with E-state index in [2.05, 4.69) is 9.97 Å². The van der Waals surface area contributed by atoms with Crippen LogP contribution in [-0.4, -0.2) is 17.1 Å². The van der Waals surface area contributed by atoms with Crippen LogP contribution in [0.1, 0.15) is 11.3 Å². The molecule has 0 fully saturated rings. The molecule has 82 valence electrons. The first-order valence-electron chi connectivity index (χ1n) is 4.97. The second kappa shape index (κ2) is 4.61. The maximum absolute atomic E-state index is 5.59. The molecule has 4 nitrogen and oxygen atoms in total. The van der Waals surface area contributed by atoms with Gasteiger partial charge in [0.2, 0.25) is 0 Å². The lowest BCUT2D eigenvalue weighted by Crippen LogP contribution is -1.97. The van der Waals surface area contributed by atoms with Gasteiger partial charge in [0.05, 0.1) is 12.8 Å². The Kier molecular flexibility index (Phi) is 3.00. The normalized spacial score (nSPS) is 10.1. The summed E-state index contributed by atoms with van der Waals surface area (Å²) in [5.41, 5.74) is 7.67. The monoisotopic (exact) mass is 215 g/mol. The Balaban J connectivity index is 2.14. The average Bonchev–Trinajstić information content (AvgIpc) is 2.30. The molecule has 2 rings (SSSR count). The molecule has 0 saturated heterocycles. The van der Waals surface area contributed by atoms with Crippen molar-refractivity contribution in [2.45, 2.75) is 6.42 Å². The van der Waals surface area contributed by atoms with Crippen LogP contribution in [0.4, 0.5) is 5.82 Å². The van der Waals surface area contributed by atoms with Crippen LogP contribution in [0.5, 0.6) is 5.75 Å². The second-order valence-corrected chi connectivity index (χ2v) is 3.46. The third-order valence-corrected chi connectivity index (χ3v) is 2.29. The predicted molar refractivity (Wildman–Crippen MR) is 62.2 cm³/mol. The van der Waals surface area contributed by atoms with E-state index in [-0.39, 0.29) is 0 Å². The largest absolute Gasteiger partial charge is 0.497 e. The number of hydrogen-bond acceptors (Lipinski definition) is 4. The van der Waals surface area contributed by atoms with Gasteiger partial charge in [-0.3, -0.25) is 0 Å². The number of aromatic nitrogens is 2. The summed E-state index contributed by atoms with van der Waals surface area (Å²) >= 11 is 0. The van der Waals surface area contributed by atoms with Crippen molar-refractivity contribution in [3.8, 4) is 5.75 Å². The van der Waals surface area contributed by atoms with Crippen molar-refractivity contribution in [3.63, 3.8) is 0 Å². The van der Waals surface area contributed by atoms with Gasteiger partial charge in [-0.2, -0.15) is 0 Å². The first-order chi connectivity index (χ1) is 7.78. The Morgan fingerprint density at radius 2 is 1.94 bits per heavy atom. The summed E-state index contributed by atoms with van der Waals surface area (Å²) in [6.45, 7) is 0. The van der Waals surface area contributed by atoms with Gasteiger partial charge in [-0.25, -0.2) is 9.97 Å². The summed E-state index contributed by atoms with van der Waals surface area (Å²) in [4.78, 5) is 8.01. The summed E-state index contributed by atoms with van der Waals surface area (Å²) in [6.07, 6.45) is 2.23. The molecule has 2 aromatic rings. The number of anilines is 1. The van der Waals surface area contributed by atoms with Crippen molar-refractivity contribution in [3.05, 3.63) is 47.9 Å². The van der Waals surface area contributed by atoms with Gasteiger partial charge < -0.3 is 10.5 Å². The fourth-order valence-electron chi connectivity index (χ4n) is 1.46. The van der Waals surface area contributed by atoms with Crippen LogP contribution in [0.2, 0.25) is 0 Å². The smallest absolute Gasteiger partial charge is 0.127 e. The molecule has 0 bridgehead atoms. The molecule has 4 heteroatoms. The van der Waals surface area contributed by atoms with Crippen molar-refractivity contribution in [2.75, 3.05) is 12.8 Å². The highest BCUT2D eigenvalue weighted by Gasteiger charge is 1.99. The maximum Gasteiger partial charge on any atom is 0.127 e. The number of nitrogen functional groups attached to an aromatic ring is 1. The van der Waals surface area contributed by atoms with E-state index < -0.39 is 0 Å². The number of ether oxygens (including phenoxy) is 1. The molecule has 0 aliphatic rings. The van der Waals surface area contributed by atoms with Crippen molar-refractivity contribution in [2.24, 2.45) is 0 Å². The molecule has 1 aromatic carbocycles. The van der Waals surface area contributed by atoms with Crippen molar-refractivity contribution >= 4 is 5.82 Å². The fraction of sp³-hybridized carbons (Fsp3) is 0.167. The molecule has 0 aliphatic carbocycles. The number of rotatable bonds is 3. The first-order valence-corrected chi connectivity index (χ1v) is 4.97. The molecule has 0 saturated carbocycles. The lowest BCUT2D eigenvalue weighted by atomic mass is 10.1. The zero-order valence-corrected chi connectivity index (χ0v) is 9.05. The second-order valence-electron chi connectivity index (χ2n) is 3.46. The topological polar surface area (TPSA) is 61.0 Å². The fourth-order valence-corrected chi connectivity index (χ4v) is 1.46. The Morgan fingerprint density at radius 3 is 2.56 bits per heavy atom. The van der Waals surface area contributed by atoms with Crippen LogP contribution < -0.4 is 10.5 Å². The van der Waals surface area contributed by atoms with E-state index in [0.717, 1.165) is 17.9 Å². The van der Waals surface area contributed by atoms with Crippen molar-refractivity contribution < 1.29 is 4.74 Å². The minimum Gasteiger partial charge on any atom is -0.497 e. The van der Waals surface area contributed by atoms with Gasteiger partial charge in [-0.1, -0.05) is 12.1 Å². The highest BCUT2D eigenvalue weighted by atomic mass is 16.5. The van der Waals surface area contributed by atoms with Gasteiger partial charge >= 0.3 is 0 Å². The third-order valence-electron chi connectivity index (χ3n) is 2.29. The third kappa shape index (κ3) is 2.48. The maximum atomic E-state index is 5.59. The molecule has 0 radical (unpaired) electrons. The quantitative estimate of drug-likeness (QED) is 0.845. The molecule has 0 amide bonds. The van der Waals surface area contributed by atoms with E-state index in [1.54, 1.807) is 13.2 Å². The summed E-state index contributed by atoms with van der Waals surface area (Å²) in [7, 11) is 1.65. The molecule has 0 aliphatic heterocycles. The molecule has 0 unspecified atom stereocenters. The number of nitrogens with two attached hydrogens (primary N) is 1. The van der Waals surface area contributed by atoms with E-state index in [9.17, 15) is 0 Å². The first kappa shape index (κ1) is 10.4. The minimum absolute atomic E-state index is 0.499. The van der Waals surface area contributed by atoms with E-state index in [0.29, 0.717) is 5.82 Å². The van der Waals surface area contributed by atoms with Crippen LogP contribution in [0, 0.1) is 0 Å². The van der Waals surface area contributed by atoms with Gasteiger partial charge in [0.1, 0.15) is 17.9 Å². The number of nitrogens with zero attached hydrogens (tertiary/aromatic N) is 2. The van der Waals surface area contributed by atoms with Gasteiger partial charge in [-0.05, 0) is 17.7 Å². The van der Waals surface area contributed by atoms with Crippen LogP contribution >= 0.6 is 0 Å². The standard InChI is InChI=1S/C12H13N3O/c1-16-11-4-2-9(3-5-11)6-10-7-12(13)15-8-14-10/h2-5,7-8H,6H2,1H3,(H2,13,14,15).